The molecule has 0 amide bonds. The molecule has 1 unspecified atom stereocenters. The number of hydrogen-bond donors (Lipinski definition) is 1. The first-order valence-corrected chi connectivity index (χ1v) is 7.66. The Morgan fingerprint density at radius 3 is 2.43 bits per heavy atom. The summed E-state index contributed by atoms with van der Waals surface area (Å²) in [6.45, 7) is 4.89. The van der Waals surface area contributed by atoms with Crippen LogP contribution in [0.4, 0.5) is 4.39 Å². The SMILES string of the molecule is CC(C)CC(NCc1ccc(Cl)cc1F)c1ccccc1. The molecule has 1 N–H and O–H groups in total. The molecule has 1 nitrogen and oxygen atoms in total. The summed E-state index contributed by atoms with van der Waals surface area (Å²) in [7, 11) is 0. The molecule has 112 valence electrons. The Morgan fingerprint density at radius 1 is 1.10 bits per heavy atom. The van der Waals surface area contributed by atoms with E-state index >= 15 is 0 Å². The highest BCUT2D eigenvalue weighted by Crippen LogP contribution is 2.22. The lowest BCUT2D eigenvalue weighted by Gasteiger charge is -2.21. The predicted octanol–water partition coefficient (Wildman–Crippen LogP) is 5.36. The molecule has 0 aliphatic rings. The van der Waals surface area contributed by atoms with Gasteiger partial charge in [-0.25, -0.2) is 4.39 Å². The van der Waals surface area contributed by atoms with E-state index < -0.39 is 0 Å². The Balaban J connectivity index is 2.09. The van der Waals surface area contributed by atoms with Gasteiger partial charge in [-0.1, -0.05) is 61.8 Å². The summed E-state index contributed by atoms with van der Waals surface area (Å²) in [6.07, 6.45) is 1.01. The topological polar surface area (TPSA) is 12.0 Å². The van der Waals surface area contributed by atoms with Crippen molar-refractivity contribution >= 4 is 11.6 Å². The van der Waals surface area contributed by atoms with Crippen molar-refractivity contribution in [2.75, 3.05) is 0 Å². The van der Waals surface area contributed by atoms with Crippen LogP contribution in [0.2, 0.25) is 5.02 Å². The minimum absolute atomic E-state index is 0.223. The number of hydrogen-bond acceptors (Lipinski definition) is 1. The summed E-state index contributed by atoms with van der Waals surface area (Å²) in [4.78, 5) is 0. The molecule has 3 heteroatoms. The van der Waals surface area contributed by atoms with E-state index in [9.17, 15) is 4.39 Å². The summed E-state index contributed by atoms with van der Waals surface area (Å²) in [5.41, 5.74) is 1.88. The van der Waals surface area contributed by atoms with Crippen LogP contribution in [-0.4, -0.2) is 0 Å². The van der Waals surface area contributed by atoms with Gasteiger partial charge in [0.05, 0.1) is 0 Å². The monoisotopic (exact) mass is 305 g/mol. The fraction of sp³-hybridized carbons (Fsp3) is 0.333. The van der Waals surface area contributed by atoms with Gasteiger partial charge in [-0.05, 0) is 30.0 Å². The van der Waals surface area contributed by atoms with E-state index in [-0.39, 0.29) is 11.9 Å². The summed E-state index contributed by atoms with van der Waals surface area (Å²) >= 11 is 5.78. The molecule has 2 rings (SSSR count). The third-order valence-corrected chi connectivity index (χ3v) is 3.70. The third kappa shape index (κ3) is 4.83. The number of halogens is 2. The second kappa shape index (κ2) is 7.58. The molecule has 0 spiro atoms. The molecule has 2 aromatic rings. The maximum Gasteiger partial charge on any atom is 0.129 e. The maximum absolute atomic E-state index is 13.8. The van der Waals surface area contributed by atoms with E-state index in [0.717, 1.165) is 6.42 Å². The smallest absolute Gasteiger partial charge is 0.129 e. The van der Waals surface area contributed by atoms with Gasteiger partial charge in [0.1, 0.15) is 5.82 Å². The Bertz CT molecular complexity index is 569. The van der Waals surface area contributed by atoms with Crippen molar-refractivity contribution in [2.45, 2.75) is 32.9 Å². The summed E-state index contributed by atoms with van der Waals surface area (Å²) < 4.78 is 13.8. The number of benzene rings is 2. The normalized spacial score (nSPS) is 12.6. The van der Waals surface area contributed by atoms with Crippen molar-refractivity contribution in [1.29, 1.82) is 0 Å². The molecule has 0 aliphatic heterocycles. The van der Waals surface area contributed by atoms with Gasteiger partial charge in [-0.15, -0.1) is 0 Å². The molecule has 0 radical (unpaired) electrons. The lowest BCUT2D eigenvalue weighted by Crippen LogP contribution is -2.23. The molecule has 0 bridgehead atoms. The molecule has 0 saturated carbocycles. The standard InChI is InChI=1S/C18H21ClFN/c1-13(2)10-18(14-6-4-3-5-7-14)21-12-15-8-9-16(19)11-17(15)20/h3-9,11,13,18,21H,10,12H2,1-2H3. The molecule has 2 aromatic carbocycles. The highest BCUT2D eigenvalue weighted by Gasteiger charge is 2.13. The summed E-state index contributed by atoms with van der Waals surface area (Å²) in [5.74, 6) is 0.309. The average molecular weight is 306 g/mol. The fourth-order valence-electron chi connectivity index (χ4n) is 2.39. The first-order valence-electron chi connectivity index (χ1n) is 7.28. The molecule has 21 heavy (non-hydrogen) atoms. The summed E-state index contributed by atoms with van der Waals surface area (Å²) in [5, 5.41) is 3.89. The molecular weight excluding hydrogens is 285 g/mol. The Morgan fingerprint density at radius 2 is 1.81 bits per heavy atom. The molecule has 0 saturated heterocycles. The zero-order valence-corrected chi connectivity index (χ0v) is 13.2. The minimum atomic E-state index is -0.258. The van der Waals surface area contributed by atoms with Crippen LogP contribution in [0.5, 0.6) is 0 Å². The van der Waals surface area contributed by atoms with E-state index in [2.05, 4.69) is 31.3 Å². The van der Waals surface area contributed by atoms with Gasteiger partial charge in [-0.2, -0.15) is 0 Å². The second-order valence-electron chi connectivity index (χ2n) is 5.71. The molecular formula is C18H21ClFN. The van der Waals surface area contributed by atoms with Crippen molar-refractivity contribution in [3.63, 3.8) is 0 Å². The molecule has 1 atom stereocenters. The second-order valence-corrected chi connectivity index (χ2v) is 6.15. The lowest BCUT2D eigenvalue weighted by molar-refractivity contribution is 0.424. The van der Waals surface area contributed by atoms with Gasteiger partial charge in [0.2, 0.25) is 0 Å². The van der Waals surface area contributed by atoms with E-state index in [1.54, 1.807) is 12.1 Å². The van der Waals surface area contributed by atoms with Gasteiger partial charge in [0, 0.05) is 23.2 Å². The van der Waals surface area contributed by atoms with Crippen LogP contribution in [0.3, 0.4) is 0 Å². The quantitative estimate of drug-likeness (QED) is 0.758. The van der Waals surface area contributed by atoms with Gasteiger partial charge in [0.25, 0.3) is 0 Å². The largest absolute Gasteiger partial charge is 0.306 e. The Hall–Kier alpha value is -1.38. The number of nitrogens with one attached hydrogen (secondary N) is 1. The van der Waals surface area contributed by atoms with Crippen molar-refractivity contribution in [3.05, 3.63) is 70.5 Å². The average Bonchev–Trinajstić information content (AvgIpc) is 2.45. The molecule has 0 fully saturated rings. The molecule has 0 aromatic heterocycles. The molecule has 0 aliphatic carbocycles. The number of rotatable bonds is 6. The van der Waals surface area contributed by atoms with Gasteiger partial charge in [-0.3, -0.25) is 0 Å². The van der Waals surface area contributed by atoms with Gasteiger partial charge >= 0.3 is 0 Å². The van der Waals surface area contributed by atoms with Gasteiger partial charge in [0.15, 0.2) is 0 Å². The maximum atomic E-state index is 13.8. The Kier molecular flexibility index (Phi) is 5.77. The minimum Gasteiger partial charge on any atom is -0.306 e. The zero-order chi connectivity index (χ0) is 15.2. The van der Waals surface area contributed by atoms with E-state index in [1.807, 2.05) is 18.2 Å². The van der Waals surface area contributed by atoms with Crippen molar-refractivity contribution in [2.24, 2.45) is 5.92 Å². The Labute approximate surface area is 131 Å². The highest BCUT2D eigenvalue weighted by atomic mass is 35.5. The van der Waals surface area contributed by atoms with E-state index in [0.29, 0.717) is 23.0 Å². The van der Waals surface area contributed by atoms with E-state index in [4.69, 9.17) is 11.6 Å². The zero-order valence-electron chi connectivity index (χ0n) is 12.4. The summed E-state index contributed by atoms with van der Waals surface area (Å²) in [6, 6.07) is 15.3. The fourth-order valence-corrected chi connectivity index (χ4v) is 2.55. The molecule has 0 heterocycles. The predicted molar refractivity (Wildman–Crippen MR) is 86.9 cm³/mol. The van der Waals surface area contributed by atoms with Crippen molar-refractivity contribution < 1.29 is 4.39 Å². The van der Waals surface area contributed by atoms with Crippen LogP contribution in [0.1, 0.15) is 37.4 Å². The van der Waals surface area contributed by atoms with Crippen molar-refractivity contribution in [3.8, 4) is 0 Å². The van der Waals surface area contributed by atoms with Crippen LogP contribution in [0, 0.1) is 11.7 Å². The van der Waals surface area contributed by atoms with Crippen molar-refractivity contribution in [1.82, 2.24) is 5.32 Å². The lowest BCUT2D eigenvalue weighted by atomic mass is 9.97. The van der Waals surface area contributed by atoms with Gasteiger partial charge < -0.3 is 5.32 Å². The highest BCUT2D eigenvalue weighted by molar-refractivity contribution is 6.30. The third-order valence-electron chi connectivity index (χ3n) is 3.46. The van der Waals surface area contributed by atoms with Crippen LogP contribution in [0.15, 0.2) is 48.5 Å². The first kappa shape index (κ1) is 16.0. The first-order chi connectivity index (χ1) is 10.1. The van der Waals surface area contributed by atoms with Crippen LogP contribution < -0.4 is 5.32 Å². The van der Waals surface area contributed by atoms with Crippen LogP contribution >= 0.6 is 11.6 Å². The van der Waals surface area contributed by atoms with Crippen LogP contribution in [-0.2, 0) is 6.54 Å². The van der Waals surface area contributed by atoms with Crippen LogP contribution in [0.25, 0.3) is 0 Å². The van der Waals surface area contributed by atoms with E-state index in [1.165, 1.54) is 11.6 Å².